The summed E-state index contributed by atoms with van der Waals surface area (Å²) >= 11 is 1.54. The molecule has 0 aliphatic heterocycles. The van der Waals surface area contributed by atoms with E-state index >= 15 is 0 Å². The lowest BCUT2D eigenvalue weighted by atomic mass is 10.1. The van der Waals surface area contributed by atoms with Gasteiger partial charge in [0.25, 0.3) is 0 Å². The molecule has 0 N–H and O–H groups in total. The first-order chi connectivity index (χ1) is 13.3. The first-order valence-corrected chi connectivity index (χ1v) is 9.38. The van der Waals surface area contributed by atoms with Gasteiger partial charge in [0, 0.05) is 11.8 Å². The molecule has 0 aliphatic carbocycles. The monoisotopic (exact) mass is 373 g/mol. The fraction of sp³-hybridized carbons (Fsp3) is 0.143. The fourth-order valence-corrected chi connectivity index (χ4v) is 3.76. The third kappa shape index (κ3) is 3.50. The summed E-state index contributed by atoms with van der Waals surface area (Å²) in [4.78, 5) is 22.0. The molecule has 4 aromatic rings. The van der Waals surface area contributed by atoms with Gasteiger partial charge in [-0.05, 0) is 30.7 Å². The molecule has 0 saturated heterocycles. The van der Waals surface area contributed by atoms with Crippen molar-refractivity contribution in [1.82, 2.24) is 9.97 Å². The molecule has 5 nitrogen and oxygen atoms in total. The largest absolute Gasteiger partial charge is 0.462 e. The molecule has 132 valence electrons. The van der Waals surface area contributed by atoms with Gasteiger partial charge in [0.2, 0.25) is 0 Å². The number of carbonyl (C=O) groups is 1. The van der Waals surface area contributed by atoms with E-state index in [1.807, 2.05) is 54.6 Å². The van der Waals surface area contributed by atoms with Crippen molar-refractivity contribution in [3.63, 3.8) is 0 Å². The van der Waals surface area contributed by atoms with Gasteiger partial charge >= 0.3 is 5.97 Å². The molecular weight excluding hydrogens is 358 g/mol. The van der Waals surface area contributed by atoms with Crippen LogP contribution in [0.1, 0.15) is 23.2 Å². The van der Waals surface area contributed by atoms with Crippen LogP contribution in [0, 0.1) is 11.3 Å². The molecule has 0 radical (unpaired) electrons. The highest BCUT2D eigenvalue weighted by Crippen LogP contribution is 2.31. The Morgan fingerprint density at radius 2 is 1.85 bits per heavy atom. The maximum absolute atomic E-state index is 12.6. The number of hydrogen-bond acceptors (Lipinski definition) is 6. The molecule has 0 spiro atoms. The van der Waals surface area contributed by atoms with E-state index in [-0.39, 0.29) is 6.61 Å². The van der Waals surface area contributed by atoms with Crippen molar-refractivity contribution in [3.05, 3.63) is 60.2 Å². The number of unbranched alkanes of at least 4 members (excludes halogenated alkanes) is 1. The quantitative estimate of drug-likeness (QED) is 0.364. The number of hydrogen-bond donors (Lipinski definition) is 0. The molecule has 0 fully saturated rings. The fourth-order valence-electron chi connectivity index (χ4n) is 2.83. The Morgan fingerprint density at radius 3 is 2.67 bits per heavy atom. The predicted octanol–water partition coefficient (Wildman–Crippen LogP) is 4.97. The Balaban J connectivity index is 1.76. The zero-order chi connectivity index (χ0) is 18.6. The molecule has 4 rings (SSSR count). The number of nitrogens with zero attached hydrogens (tertiary/aromatic N) is 3. The van der Waals surface area contributed by atoms with Crippen molar-refractivity contribution in [2.24, 2.45) is 0 Å². The van der Waals surface area contributed by atoms with Crippen LogP contribution in [0.25, 0.3) is 31.8 Å². The van der Waals surface area contributed by atoms with E-state index in [4.69, 9.17) is 15.0 Å². The molecule has 0 aliphatic rings. The minimum absolute atomic E-state index is 0.222. The highest BCUT2D eigenvalue weighted by Gasteiger charge is 2.17. The van der Waals surface area contributed by atoms with Gasteiger partial charge in [0.15, 0.2) is 0 Å². The standard InChI is InChI=1S/C21H15N3O2S/c22-11-5-6-12-26-21(25)15-13-18(23-16-8-2-1-7-14(15)16)20-24-17-9-3-4-10-19(17)27-20/h1-4,7-10,13H,5-6,12H2. The Morgan fingerprint density at radius 1 is 1.07 bits per heavy atom. The van der Waals surface area contributed by atoms with Gasteiger partial charge in [-0.15, -0.1) is 11.3 Å². The highest BCUT2D eigenvalue weighted by molar-refractivity contribution is 7.21. The number of carbonyl (C=O) groups excluding carboxylic acids is 1. The summed E-state index contributed by atoms with van der Waals surface area (Å²) in [6, 6.07) is 19.2. The zero-order valence-corrected chi connectivity index (χ0v) is 15.2. The van der Waals surface area contributed by atoms with Gasteiger partial charge in [-0.1, -0.05) is 30.3 Å². The lowest BCUT2D eigenvalue weighted by Crippen LogP contribution is -2.08. The lowest BCUT2D eigenvalue weighted by molar-refractivity contribution is 0.0504. The summed E-state index contributed by atoms with van der Waals surface area (Å²) in [5.41, 5.74) is 2.75. The average molecular weight is 373 g/mol. The molecule has 0 saturated carbocycles. The van der Waals surface area contributed by atoms with Crippen molar-refractivity contribution >= 4 is 38.4 Å². The number of esters is 1. The second-order valence-corrected chi connectivity index (χ2v) is 6.99. The normalized spacial score (nSPS) is 10.8. The van der Waals surface area contributed by atoms with E-state index < -0.39 is 5.97 Å². The molecular formula is C21H15N3O2S. The molecule has 27 heavy (non-hydrogen) atoms. The number of benzene rings is 2. The third-order valence-corrected chi connectivity index (χ3v) is 5.17. The van der Waals surface area contributed by atoms with Crippen LogP contribution in [0.15, 0.2) is 54.6 Å². The van der Waals surface area contributed by atoms with Crippen molar-refractivity contribution in [2.75, 3.05) is 6.61 Å². The van der Waals surface area contributed by atoms with Crippen molar-refractivity contribution in [3.8, 4) is 16.8 Å². The van der Waals surface area contributed by atoms with E-state index in [1.54, 1.807) is 17.4 Å². The average Bonchev–Trinajstić information content (AvgIpc) is 3.14. The van der Waals surface area contributed by atoms with E-state index in [0.29, 0.717) is 24.1 Å². The van der Waals surface area contributed by atoms with Crippen LogP contribution < -0.4 is 0 Å². The Kier molecular flexibility index (Phi) is 4.77. The number of aromatic nitrogens is 2. The van der Waals surface area contributed by atoms with Crippen molar-refractivity contribution in [1.29, 1.82) is 5.26 Å². The van der Waals surface area contributed by atoms with Gasteiger partial charge in [-0.3, -0.25) is 0 Å². The zero-order valence-electron chi connectivity index (χ0n) is 14.4. The molecule has 0 atom stereocenters. The summed E-state index contributed by atoms with van der Waals surface area (Å²) in [7, 11) is 0. The van der Waals surface area contributed by atoms with Crippen LogP contribution in [0.2, 0.25) is 0 Å². The van der Waals surface area contributed by atoms with Crippen LogP contribution in [-0.4, -0.2) is 22.5 Å². The molecule has 2 aromatic carbocycles. The van der Waals surface area contributed by atoms with E-state index in [1.165, 1.54) is 0 Å². The molecule has 0 bridgehead atoms. The SMILES string of the molecule is N#CCCCOC(=O)c1cc(-c2nc3ccccc3s2)nc2ccccc12. The van der Waals surface area contributed by atoms with Gasteiger partial charge in [0.05, 0.1) is 34.0 Å². The van der Waals surface area contributed by atoms with Gasteiger partial charge in [-0.25, -0.2) is 14.8 Å². The summed E-state index contributed by atoms with van der Waals surface area (Å²) in [5, 5.41) is 10.1. The minimum atomic E-state index is -0.408. The molecule has 6 heteroatoms. The summed E-state index contributed by atoms with van der Waals surface area (Å²) in [5.74, 6) is -0.408. The van der Waals surface area contributed by atoms with Crippen LogP contribution in [0.3, 0.4) is 0 Å². The number of nitriles is 1. The topological polar surface area (TPSA) is 75.9 Å². The number of rotatable bonds is 5. The maximum atomic E-state index is 12.6. The van der Waals surface area contributed by atoms with Crippen LogP contribution in [-0.2, 0) is 4.74 Å². The smallest absolute Gasteiger partial charge is 0.338 e. The van der Waals surface area contributed by atoms with Crippen LogP contribution in [0.5, 0.6) is 0 Å². The van der Waals surface area contributed by atoms with Gasteiger partial charge in [-0.2, -0.15) is 5.26 Å². The Labute approximate surface area is 159 Å². The van der Waals surface area contributed by atoms with Crippen LogP contribution >= 0.6 is 11.3 Å². The second kappa shape index (κ2) is 7.52. The maximum Gasteiger partial charge on any atom is 0.338 e. The van der Waals surface area contributed by atoms with Crippen LogP contribution in [0.4, 0.5) is 0 Å². The summed E-state index contributed by atoms with van der Waals surface area (Å²) in [6.07, 6.45) is 0.886. The number of ether oxygens (including phenoxy) is 1. The Bertz CT molecular complexity index is 1140. The first-order valence-electron chi connectivity index (χ1n) is 8.56. The van der Waals surface area contributed by atoms with Crippen molar-refractivity contribution < 1.29 is 9.53 Å². The number of para-hydroxylation sites is 2. The molecule has 0 amide bonds. The number of fused-ring (bicyclic) bond motifs is 2. The Hall–Kier alpha value is -3.30. The van der Waals surface area contributed by atoms with E-state index in [2.05, 4.69) is 4.98 Å². The van der Waals surface area contributed by atoms with Crippen molar-refractivity contribution in [2.45, 2.75) is 12.8 Å². The summed E-state index contributed by atoms with van der Waals surface area (Å²) < 4.78 is 6.43. The number of pyridine rings is 1. The summed E-state index contributed by atoms with van der Waals surface area (Å²) in [6.45, 7) is 0.222. The van der Waals surface area contributed by atoms with E-state index in [0.717, 1.165) is 26.1 Å². The highest BCUT2D eigenvalue weighted by atomic mass is 32.1. The molecule has 2 heterocycles. The minimum Gasteiger partial charge on any atom is -0.462 e. The van der Waals surface area contributed by atoms with Gasteiger partial charge < -0.3 is 4.74 Å². The number of thiazole rings is 1. The second-order valence-electron chi connectivity index (χ2n) is 5.96. The lowest BCUT2D eigenvalue weighted by Gasteiger charge is -2.08. The first kappa shape index (κ1) is 17.1. The predicted molar refractivity (Wildman–Crippen MR) is 105 cm³/mol. The van der Waals surface area contributed by atoms with Gasteiger partial charge in [0.1, 0.15) is 10.7 Å². The third-order valence-electron chi connectivity index (χ3n) is 4.12. The van der Waals surface area contributed by atoms with E-state index in [9.17, 15) is 4.79 Å². The molecule has 0 unspecified atom stereocenters. The molecule has 2 aromatic heterocycles.